The monoisotopic (exact) mass is 760 g/mol. The summed E-state index contributed by atoms with van der Waals surface area (Å²) < 4.78 is 35.0. The normalized spacial score (nSPS) is 11.5. The molecule has 0 fully saturated rings. The number of nitrogens with zero attached hydrogens (tertiary/aromatic N) is 2. The van der Waals surface area contributed by atoms with E-state index in [-0.39, 0.29) is 0 Å². The minimum atomic E-state index is 0.735. The molecule has 276 valence electrons. The fourth-order valence-corrected chi connectivity index (χ4v) is 9.21. The lowest BCUT2D eigenvalue weighted by molar-refractivity contribution is 0.412. The van der Waals surface area contributed by atoms with Gasteiger partial charge in [0, 0.05) is 44.5 Å². The minimum absolute atomic E-state index is 0.735. The molecule has 6 nitrogen and oxygen atoms in total. The molecular weight excluding hydrogens is 725 g/mol. The van der Waals surface area contributed by atoms with E-state index in [9.17, 15) is 0 Å². The molecule has 0 amide bonds. The highest BCUT2D eigenvalue weighted by Crippen LogP contribution is 2.53. The maximum atomic E-state index is 6.46. The molecule has 7 heteroatoms. The van der Waals surface area contributed by atoms with Gasteiger partial charge in [0.25, 0.3) is 0 Å². The summed E-state index contributed by atoms with van der Waals surface area (Å²) in [4.78, 5) is 0. The number of fused-ring (bicyclic) bond motifs is 5. The summed E-state index contributed by atoms with van der Waals surface area (Å²) in [5.74, 6) is 3.01. The van der Waals surface area contributed by atoms with Gasteiger partial charge in [0.1, 0.15) is 34.0 Å². The van der Waals surface area contributed by atoms with Gasteiger partial charge in [-0.15, -0.1) is 0 Å². The van der Waals surface area contributed by atoms with Gasteiger partial charge in [0.15, 0.2) is 0 Å². The fraction of sp³-hybridized carbons (Fsp3) is 0.0800. The smallest absolute Gasteiger partial charge is 0.135 e. The highest BCUT2D eigenvalue weighted by Gasteiger charge is 2.27. The number of hydrogen-bond donors (Lipinski definition) is 0. The Morgan fingerprint density at radius 2 is 0.719 bits per heavy atom. The first-order chi connectivity index (χ1) is 28.1. The molecule has 0 saturated heterocycles. The Morgan fingerprint density at radius 1 is 0.351 bits per heavy atom. The summed E-state index contributed by atoms with van der Waals surface area (Å²) >= 11 is 1.20. The van der Waals surface area contributed by atoms with Crippen molar-refractivity contribution in [1.29, 1.82) is 0 Å². The van der Waals surface area contributed by atoms with Crippen LogP contribution in [0.15, 0.2) is 146 Å². The molecule has 57 heavy (non-hydrogen) atoms. The van der Waals surface area contributed by atoms with Crippen molar-refractivity contribution in [2.75, 3.05) is 28.4 Å². The lowest BCUT2D eigenvalue weighted by Crippen LogP contribution is -1.99. The second-order valence-corrected chi connectivity index (χ2v) is 14.5. The van der Waals surface area contributed by atoms with Gasteiger partial charge < -0.3 is 18.9 Å². The minimum Gasteiger partial charge on any atom is -0.496 e. The lowest BCUT2D eigenvalue weighted by Gasteiger charge is -2.22. The molecule has 0 aliphatic heterocycles. The van der Waals surface area contributed by atoms with Crippen LogP contribution in [-0.2, 0) is 0 Å². The third kappa shape index (κ3) is 5.38. The summed E-state index contributed by atoms with van der Waals surface area (Å²) in [5.41, 5.74) is 9.10. The molecule has 0 spiro atoms. The van der Waals surface area contributed by atoms with Gasteiger partial charge in [0.05, 0.1) is 40.2 Å². The van der Waals surface area contributed by atoms with E-state index in [1.165, 1.54) is 11.7 Å². The molecule has 0 radical (unpaired) electrons. The Balaban J connectivity index is 1.26. The molecule has 9 aromatic carbocycles. The van der Waals surface area contributed by atoms with Crippen LogP contribution in [-0.4, -0.2) is 37.2 Å². The molecule has 0 aliphatic carbocycles. The molecule has 0 saturated carbocycles. The van der Waals surface area contributed by atoms with Gasteiger partial charge in [-0.1, -0.05) is 121 Å². The van der Waals surface area contributed by atoms with Crippen molar-refractivity contribution in [3.63, 3.8) is 0 Å². The molecular formula is C50H36N2O4S. The summed E-state index contributed by atoms with van der Waals surface area (Å²) in [6, 6.07) is 50.6. The molecule has 1 aromatic heterocycles. The van der Waals surface area contributed by atoms with Gasteiger partial charge in [-0.25, -0.2) is 0 Å². The van der Waals surface area contributed by atoms with Gasteiger partial charge in [-0.3, -0.25) is 0 Å². The van der Waals surface area contributed by atoms with E-state index >= 15 is 0 Å². The van der Waals surface area contributed by atoms with Crippen molar-refractivity contribution < 1.29 is 18.9 Å². The van der Waals surface area contributed by atoms with Gasteiger partial charge in [-0.2, -0.15) is 8.75 Å². The maximum Gasteiger partial charge on any atom is 0.135 e. The standard InChI is InChI=1S/C50H36N2O4S/c1-53-41-25-21-29-13-5-9-17-33(29)43(41)45-35-19-11-7-15-31(35)27-39(49(45)55-3)37-23-24-38(48-47(37)51-57-52-48)40-28-32-16-8-12-20-36(32)46(50(40)56-4)44-34-18-10-6-14-30(34)22-26-42(44)54-2/h5-28H,1-4H3. The second kappa shape index (κ2) is 14.0. The topological polar surface area (TPSA) is 62.7 Å². The van der Waals surface area contributed by atoms with Crippen LogP contribution in [0.5, 0.6) is 23.0 Å². The van der Waals surface area contributed by atoms with Crippen LogP contribution in [0.2, 0.25) is 0 Å². The highest BCUT2D eigenvalue weighted by molar-refractivity contribution is 7.00. The number of methoxy groups -OCH3 is 4. The number of hydrogen-bond acceptors (Lipinski definition) is 7. The molecule has 0 bridgehead atoms. The van der Waals surface area contributed by atoms with Crippen LogP contribution in [0.3, 0.4) is 0 Å². The third-order valence-electron chi connectivity index (χ3n) is 11.1. The van der Waals surface area contributed by atoms with Crippen molar-refractivity contribution in [2.45, 2.75) is 0 Å². The van der Waals surface area contributed by atoms with Crippen molar-refractivity contribution in [3.05, 3.63) is 146 Å². The number of ether oxygens (including phenoxy) is 4. The zero-order chi connectivity index (χ0) is 38.6. The predicted molar refractivity (Wildman–Crippen MR) is 235 cm³/mol. The average molecular weight is 761 g/mol. The van der Waals surface area contributed by atoms with Crippen molar-refractivity contribution in [3.8, 4) is 67.5 Å². The molecule has 0 aliphatic rings. The Hall–Kier alpha value is -6.96. The van der Waals surface area contributed by atoms with E-state index in [4.69, 9.17) is 27.7 Å². The molecule has 0 atom stereocenters. The summed E-state index contributed by atoms with van der Waals surface area (Å²) in [5, 5.41) is 8.66. The van der Waals surface area contributed by atoms with Crippen LogP contribution >= 0.6 is 11.7 Å². The van der Waals surface area contributed by atoms with Crippen molar-refractivity contribution in [2.24, 2.45) is 0 Å². The number of rotatable bonds is 8. The first-order valence-electron chi connectivity index (χ1n) is 18.7. The van der Waals surface area contributed by atoms with Gasteiger partial charge in [-0.05, 0) is 67.4 Å². The fourth-order valence-electron chi connectivity index (χ4n) is 8.64. The van der Waals surface area contributed by atoms with E-state index in [1.54, 1.807) is 28.4 Å². The molecule has 1 heterocycles. The zero-order valence-electron chi connectivity index (χ0n) is 31.8. The summed E-state index contributed by atoms with van der Waals surface area (Å²) in [7, 11) is 6.92. The van der Waals surface area contributed by atoms with E-state index < -0.39 is 0 Å². The molecule has 10 aromatic rings. The number of benzene rings is 9. The molecule has 10 rings (SSSR count). The first kappa shape index (κ1) is 34.5. The van der Waals surface area contributed by atoms with E-state index in [2.05, 4.69) is 133 Å². The molecule has 0 N–H and O–H groups in total. The molecule has 0 unspecified atom stereocenters. The lowest BCUT2D eigenvalue weighted by atomic mass is 9.86. The van der Waals surface area contributed by atoms with E-state index in [0.29, 0.717) is 0 Å². The van der Waals surface area contributed by atoms with Crippen LogP contribution < -0.4 is 18.9 Å². The van der Waals surface area contributed by atoms with Crippen molar-refractivity contribution >= 4 is 65.9 Å². The van der Waals surface area contributed by atoms with Crippen LogP contribution in [0.1, 0.15) is 0 Å². The Bertz CT molecular complexity index is 2990. The maximum absolute atomic E-state index is 6.46. The predicted octanol–water partition coefficient (Wildman–Crippen LogP) is 13.0. The van der Waals surface area contributed by atoms with Crippen LogP contribution in [0, 0.1) is 0 Å². The summed E-state index contributed by atoms with van der Waals surface area (Å²) in [6.45, 7) is 0. The quantitative estimate of drug-likeness (QED) is 0.154. The SMILES string of the molecule is COc1ccc2ccccc2c1-c1c(OC)c(-c2ccc(-c3cc4ccccc4c(-c4c(OC)ccc5ccccc45)c3OC)c3nsnc23)cc2ccccc12. The van der Waals surface area contributed by atoms with Gasteiger partial charge in [0.2, 0.25) is 0 Å². The van der Waals surface area contributed by atoms with Crippen LogP contribution in [0.4, 0.5) is 0 Å². The highest BCUT2D eigenvalue weighted by atomic mass is 32.1. The average Bonchev–Trinajstić information content (AvgIpc) is 3.77. The second-order valence-electron chi connectivity index (χ2n) is 14.0. The largest absolute Gasteiger partial charge is 0.496 e. The summed E-state index contributed by atoms with van der Waals surface area (Å²) in [6.07, 6.45) is 0. The first-order valence-corrected chi connectivity index (χ1v) is 19.4. The number of aromatic nitrogens is 2. The van der Waals surface area contributed by atoms with Gasteiger partial charge >= 0.3 is 0 Å². The van der Waals surface area contributed by atoms with Crippen LogP contribution in [0.25, 0.3) is 98.6 Å². The van der Waals surface area contributed by atoms with Crippen molar-refractivity contribution in [1.82, 2.24) is 8.75 Å². The Morgan fingerprint density at radius 3 is 1.11 bits per heavy atom. The Labute approximate surface area is 333 Å². The zero-order valence-corrected chi connectivity index (χ0v) is 32.6. The van der Waals surface area contributed by atoms with E-state index in [1.807, 2.05) is 12.1 Å². The van der Waals surface area contributed by atoms with E-state index in [0.717, 1.165) is 122 Å². The Kier molecular flexibility index (Phi) is 8.46. The third-order valence-corrected chi connectivity index (χ3v) is 11.7.